The van der Waals surface area contributed by atoms with Gasteiger partial charge in [-0.3, -0.25) is 0 Å². The Morgan fingerprint density at radius 2 is 2.00 bits per heavy atom. The van der Waals surface area contributed by atoms with E-state index >= 15 is 0 Å². The van der Waals surface area contributed by atoms with E-state index in [0.29, 0.717) is 13.0 Å². The van der Waals surface area contributed by atoms with E-state index in [2.05, 4.69) is 0 Å². The Bertz CT molecular complexity index is 353. The number of nitrogens with two attached hydrogens (primary N) is 1. The molecule has 88 valence electrons. The Morgan fingerprint density at radius 3 is 2.62 bits per heavy atom. The largest absolute Gasteiger partial charge is 0.370 e. The van der Waals surface area contributed by atoms with Crippen molar-refractivity contribution in [3.05, 3.63) is 30.1 Å². The van der Waals surface area contributed by atoms with Gasteiger partial charge >= 0.3 is 0 Å². The summed E-state index contributed by atoms with van der Waals surface area (Å²) >= 11 is 0. The molecule has 1 aliphatic rings. The van der Waals surface area contributed by atoms with Gasteiger partial charge in [0.2, 0.25) is 0 Å². The van der Waals surface area contributed by atoms with Crippen molar-refractivity contribution in [1.82, 2.24) is 0 Å². The molecule has 1 aliphatic heterocycles. The number of hydrogen-bond donors (Lipinski definition) is 1. The number of alkyl halides is 1. The van der Waals surface area contributed by atoms with Gasteiger partial charge in [-0.1, -0.05) is 0 Å². The van der Waals surface area contributed by atoms with Crippen molar-refractivity contribution in [2.24, 2.45) is 5.73 Å². The van der Waals surface area contributed by atoms with Crippen LogP contribution in [0.1, 0.15) is 12.8 Å². The Morgan fingerprint density at radius 1 is 1.31 bits per heavy atom. The van der Waals surface area contributed by atoms with Gasteiger partial charge < -0.3 is 10.6 Å². The molecule has 0 saturated carbocycles. The predicted octanol–water partition coefficient (Wildman–Crippen LogP) is 2.09. The highest BCUT2D eigenvalue weighted by atomic mass is 19.1. The SMILES string of the molecule is NC1(CF)CCCN(c2ccc(F)cc2)C1. The molecule has 1 heterocycles. The molecular weight excluding hydrogens is 210 g/mol. The zero-order chi connectivity index (χ0) is 11.6. The van der Waals surface area contributed by atoms with Crippen molar-refractivity contribution < 1.29 is 8.78 Å². The van der Waals surface area contributed by atoms with Crippen molar-refractivity contribution in [3.8, 4) is 0 Å². The van der Waals surface area contributed by atoms with Crippen LogP contribution in [-0.4, -0.2) is 25.3 Å². The molecule has 2 N–H and O–H groups in total. The predicted molar refractivity (Wildman–Crippen MR) is 60.7 cm³/mol. The summed E-state index contributed by atoms with van der Waals surface area (Å²) in [5.41, 5.74) is 6.09. The first-order valence-corrected chi connectivity index (χ1v) is 5.48. The molecule has 1 saturated heterocycles. The third-order valence-corrected chi connectivity index (χ3v) is 3.07. The minimum atomic E-state index is -0.743. The Hall–Kier alpha value is -1.16. The second kappa shape index (κ2) is 4.37. The molecular formula is C12H16F2N2. The number of benzene rings is 1. The van der Waals surface area contributed by atoms with E-state index in [-0.39, 0.29) is 5.82 Å². The number of halogens is 2. The lowest BCUT2D eigenvalue weighted by atomic mass is 9.91. The second-order valence-corrected chi connectivity index (χ2v) is 4.50. The summed E-state index contributed by atoms with van der Waals surface area (Å²) in [5.74, 6) is -0.259. The third-order valence-electron chi connectivity index (χ3n) is 3.07. The molecule has 0 spiro atoms. The molecule has 2 nitrogen and oxygen atoms in total. The van der Waals surface area contributed by atoms with E-state index < -0.39 is 12.2 Å². The molecule has 0 amide bonds. The van der Waals surface area contributed by atoms with E-state index in [1.165, 1.54) is 12.1 Å². The summed E-state index contributed by atoms with van der Waals surface area (Å²) in [6, 6.07) is 6.24. The van der Waals surface area contributed by atoms with Crippen molar-refractivity contribution >= 4 is 5.69 Å². The van der Waals surface area contributed by atoms with Gasteiger partial charge in [0, 0.05) is 18.8 Å². The highest BCUT2D eigenvalue weighted by Crippen LogP contribution is 2.24. The monoisotopic (exact) mass is 226 g/mol. The highest BCUT2D eigenvalue weighted by molar-refractivity contribution is 5.47. The lowest BCUT2D eigenvalue weighted by molar-refractivity contribution is 0.264. The molecule has 1 unspecified atom stereocenters. The fraction of sp³-hybridized carbons (Fsp3) is 0.500. The molecule has 0 radical (unpaired) electrons. The van der Waals surface area contributed by atoms with Gasteiger partial charge in [-0.15, -0.1) is 0 Å². The lowest BCUT2D eigenvalue weighted by Crippen LogP contribution is -2.56. The molecule has 0 aliphatic carbocycles. The summed E-state index contributed by atoms with van der Waals surface area (Å²) in [4.78, 5) is 2.02. The van der Waals surface area contributed by atoms with E-state index in [1.54, 1.807) is 12.1 Å². The van der Waals surface area contributed by atoms with Crippen molar-refractivity contribution in [1.29, 1.82) is 0 Å². The van der Waals surface area contributed by atoms with Gasteiger partial charge in [-0.25, -0.2) is 8.78 Å². The van der Waals surface area contributed by atoms with E-state index in [9.17, 15) is 8.78 Å². The molecule has 4 heteroatoms. The number of piperidine rings is 1. The van der Waals surface area contributed by atoms with Crippen molar-refractivity contribution in [2.45, 2.75) is 18.4 Å². The Kier molecular flexibility index (Phi) is 3.10. The standard InChI is InChI=1S/C12H16F2N2/c13-8-12(15)6-1-7-16(9-12)11-4-2-10(14)3-5-11/h2-5H,1,6-9,15H2. The first-order valence-electron chi connectivity index (χ1n) is 5.48. The van der Waals surface area contributed by atoms with Crippen molar-refractivity contribution in [3.63, 3.8) is 0 Å². The maximum Gasteiger partial charge on any atom is 0.123 e. The quantitative estimate of drug-likeness (QED) is 0.836. The number of anilines is 1. The van der Waals surface area contributed by atoms with Gasteiger partial charge in [-0.05, 0) is 37.1 Å². The summed E-state index contributed by atoms with van der Waals surface area (Å²) in [7, 11) is 0. The Labute approximate surface area is 94.0 Å². The van der Waals surface area contributed by atoms with Crippen molar-refractivity contribution in [2.75, 3.05) is 24.7 Å². The molecule has 1 aromatic rings. The summed E-state index contributed by atoms with van der Waals surface area (Å²) in [6.07, 6.45) is 1.58. The van der Waals surface area contributed by atoms with Gasteiger partial charge in [-0.2, -0.15) is 0 Å². The molecule has 16 heavy (non-hydrogen) atoms. The molecule has 1 fully saturated rings. The average molecular weight is 226 g/mol. The van der Waals surface area contributed by atoms with Crippen LogP contribution >= 0.6 is 0 Å². The van der Waals surface area contributed by atoms with E-state index in [4.69, 9.17) is 5.73 Å². The van der Waals surface area contributed by atoms with Crippen LogP contribution < -0.4 is 10.6 Å². The molecule has 1 atom stereocenters. The van der Waals surface area contributed by atoms with Crippen LogP contribution in [0.2, 0.25) is 0 Å². The number of rotatable bonds is 2. The first-order chi connectivity index (χ1) is 7.63. The topological polar surface area (TPSA) is 29.3 Å². The third kappa shape index (κ3) is 2.32. The minimum absolute atomic E-state index is 0.259. The lowest BCUT2D eigenvalue weighted by Gasteiger charge is -2.39. The van der Waals surface area contributed by atoms with E-state index in [1.807, 2.05) is 4.90 Å². The average Bonchev–Trinajstić information content (AvgIpc) is 2.30. The smallest absolute Gasteiger partial charge is 0.123 e. The fourth-order valence-electron chi connectivity index (χ4n) is 2.14. The number of hydrogen-bond acceptors (Lipinski definition) is 2. The Balaban J connectivity index is 2.12. The van der Waals surface area contributed by atoms with Crippen LogP contribution in [-0.2, 0) is 0 Å². The van der Waals surface area contributed by atoms with Gasteiger partial charge in [0.25, 0.3) is 0 Å². The zero-order valence-electron chi connectivity index (χ0n) is 9.13. The van der Waals surface area contributed by atoms with E-state index in [0.717, 1.165) is 18.7 Å². The highest BCUT2D eigenvalue weighted by Gasteiger charge is 2.31. The van der Waals surface area contributed by atoms with Crippen LogP contribution in [0.25, 0.3) is 0 Å². The first kappa shape index (κ1) is 11.3. The maximum absolute atomic E-state index is 12.8. The van der Waals surface area contributed by atoms with Gasteiger partial charge in [0.15, 0.2) is 0 Å². The zero-order valence-corrected chi connectivity index (χ0v) is 9.13. The second-order valence-electron chi connectivity index (χ2n) is 4.50. The van der Waals surface area contributed by atoms with Crippen LogP contribution in [0.4, 0.5) is 14.5 Å². The fourth-order valence-corrected chi connectivity index (χ4v) is 2.14. The minimum Gasteiger partial charge on any atom is -0.370 e. The van der Waals surface area contributed by atoms with Crippen LogP contribution in [0.15, 0.2) is 24.3 Å². The summed E-state index contributed by atoms with van der Waals surface area (Å²) in [5, 5.41) is 0. The van der Waals surface area contributed by atoms with Crippen LogP contribution in [0.5, 0.6) is 0 Å². The van der Waals surface area contributed by atoms with Gasteiger partial charge in [0.1, 0.15) is 12.5 Å². The van der Waals surface area contributed by atoms with Gasteiger partial charge in [0.05, 0.1) is 5.54 Å². The summed E-state index contributed by atoms with van der Waals surface area (Å²) in [6.45, 7) is 0.838. The molecule has 0 bridgehead atoms. The molecule has 2 rings (SSSR count). The molecule has 1 aromatic carbocycles. The maximum atomic E-state index is 12.8. The molecule has 0 aromatic heterocycles. The van der Waals surface area contributed by atoms with Crippen LogP contribution in [0, 0.1) is 5.82 Å². The van der Waals surface area contributed by atoms with Crippen LogP contribution in [0.3, 0.4) is 0 Å². The summed E-state index contributed by atoms with van der Waals surface area (Å²) < 4.78 is 25.6. The number of nitrogens with zero attached hydrogens (tertiary/aromatic N) is 1. The normalized spacial score (nSPS) is 25.8.